The van der Waals surface area contributed by atoms with E-state index < -0.39 is 11.6 Å². The molecule has 0 N–H and O–H groups in total. The molecule has 3 rings (SSSR count). The third-order valence-corrected chi connectivity index (χ3v) is 3.90. The Kier molecular flexibility index (Phi) is 3.13. The molecule has 0 saturated carbocycles. The Labute approximate surface area is 120 Å². The highest BCUT2D eigenvalue weighted by Gasteiger charge is 2.25. The van der Waals surface area contributed by atoms with E-state index in [1.807, 2.05) is 0 Å². The standard InChI is InChI=1S/C15H12ClF2NO/c1-8-5-10-13(3-2-4-14(10)20)19(8)15-11(16)6-9(17)7-12(15)18/h5-7H,2-4H2,1H3. The molecule has 2 nitrogen and oxygen atoms in total. The van der Waals surface area contributed by atoms with E-state index in [4.69, 9.17) is 11.6 Å². The highest BCUT2D eigenvalue weighted by molar-refractivity contribution is 6.32. The quantitative estimate of drug-likeness (QED) is 0.771. The fourth-order valence-corrected chi connectivity index (χ4v) is 3.07. The van der Waals surface area contributed by atoms with Gasteiger partial charge in [0, 0.05) is 29.4 Å². The van der Waals surface area contributed by atoms with Crippen molar-refractivity contribution in [2.75, 3.05) is 0 Å². The second kappa shape index (κ2) is 4.70. The number of hydrogen-bond donors (Lipinski definition) is 0. The van der Waals surface area contributed by atoms with Crippen LogP contribution < -0.4 is 0 Å². The number of hydrogen-bond acceptors (Lipinski definition) is 1. The van der Waals surface area contributed by atoms with Crippen LogP contribution in [0.2, 0.25) is 5.02 Å². The summed E-state index contributed by atoms with van der Waals surface area (Å²) >= 11 is 5.99. The maximum absolute atomic E-state index is 14.1. The molecule has 0 saturated heterocycles. The van der Waals surface area contributed by atoms with Gasteiger partial charge in [0.05, 0.1) is 5.02 Å². The summed E-state index contributed by atoms with van der Waals surface area (Å²) in [7, 11) is 0. The number of halogens is 3. The maximum Gasteiger partial charge on any atom is 0.164 e. The molecule has 1 aliphatic carbocycles. The van der Waals surface area contributed by atoms with E-state index >= 15 is 0 Å². The van der Waals surface area contributed by atoms with E-state index in [-0.39, 0.29) is 16.5 Å². The van der Waals surface area contributed by atoms with Gasteiger partial charge in [0.2, 0.25) is 0 Å². The van der Waals surface area contributed by atoms with Crippen molar-refractivity contribution in [1.29, 1.82) is 0 Å². The summed E-state index contributed by atoms with van der Waals surface area (Å²) in [6, 6.07) is 3.63. The van der Waals surface area contributed by atoms with E-state index in [0.29, 0.717) is 18.4 Å². The Morgan fingerprint density at radius 2 is 1.95 bits per heavy atom. The largest absolute Gasteiger partial charge is 0.314 e. The van der Waals surface area contributed by atoms with E-state index in [1.165, 1.54) is 0 Å². The number of benzene rings is 1. The lowest BCUT2D eigenvalue weighted by Crippen LogP contribution is -2.13. The minimum Gasteiger partial charge on any atom is -0.314 e. The van der Waals surface area contributed by atoms with Crippen LogP contribution in [0.4, 0.5) is 8.78 Å². The van der Waals surface area contributed by atoms with Crippen molar-refractivity contribution < 1.29 is 13.6 Å². The summed E-state index contributed by atoms with van der Waals surface area (Å²) in [4.78, 5) is 11.9. The van der Waals surface area contributed by atoms with Crippen molar-refractivity contribution in [3.8, 4) is 5.69 Å². The number of Topliss-reactive ketones (excluding diaryl/α,β-unsaturated/α-hetero) is 1. The zero-order chi connectivity index (χ0) is 14.4. The third-order valence-electron chi connectivity index (χ3n) is 3.61. The zero-order valence-corrected chi connectivity index (χ0v) is 11.6. The normalized spacial score (nSPS) is 14.5. The summed E-state index contributed by atoms with van der Waals surface area (Å²) in [5, 5.41) is 0.00187. The molecule has 0 radical (unpaired) electrons. The molecule has 1 aliphatic rings. The topological polar surface area (TPSA) is 22.0 Å². The van der Waals surface area contributed by atoms with Crippen molar-refractivity contribution >= 4 is 17.4 Å². The third kappa shape index (κ3) is 1.95. The minimum absolute atomic E-state index is 0.00187. The number of fused-ring (bicyclic) bond motifs is 1. The van der Waals surface area contributed by atoms with Gasteiger partial charge in [-0.1, -0.05) is 11.6 Å². The molecule has 5 heteroatoms. The molecule has 0 aliphatic heterocycles. The summed E-state index contributed by atoms with van der Waals surface area (Å²) in [5.41, 5.74) is 2.21. The monoisotopic (exact) mass is 295 g/mol. The zero-order valence-electron chi connectivity index (χ0n) is 10.8. The van der Waals surface area contributed by atoms with Crippen LogP contribution >= 0.6 is 11.6 Å². The Bertz CT molecular complexity index is 698. The predicted molar refractivity (Wildman–Crippen MR) is 72.7 cm³/mol. The first kappa shape index (κ1) is 13.3. The van der Waals surface area contributed by atoms with Crippen molar-refractivity contribution in [2.45, 2.75) is 26.2 Å². The Balaban J connectivity index is 2.29. The molecule has 0 fully saturated rings. The Morgan fingerprint density at radius 1 is 1.20 bits per heavy atom. The van der Waals surface area contributed by atoms with Gasteiger partial charge in [-0.2, -0.15) is 0 Å². The number of rotatable bonds is 1. The summed E-state index contributed by atoms with van der Waals surface area (Å²) in [6.45, 7) is 1.78. The first-order valence-electron chi connectivity index (χ1n) is 6.38. The second-order valence-corrected chi connectivity index (χ2v) is 5.38. The smallest absolute Gasteiger partial charge is 0.164 e. The minimum atomic E-state index is -0.727. The molecule has 0 amide bonds. The lowest BCUT2D eigenvalue weighted by atomic mass is 9.96. The number of carbonyl (C=O) groups is 1. The summed E-state index contributed by atoms with van der Waals surface area (Å²) < 4.78 is 28.9. The number of ketones is 1. The van der Waals surface area contributed by atoms with Crippen LogP contribution in [0.3, 0.4) is 0 Å². The number of aromatic nitrogens is 1. The van der Waals surface area contributed by atoms with Crippen LogP contribution in [0.15, 0.2) is 18.2 Å². The van der Waals surface area contributed by atoms with E-state index in [0.717, 1.165) is 29.9 Å². The average Bonchev–Trinajstić information content (AvgIpc) is 2.67. The predicted octanol–water partition coefficient (Wildman–Crippen LogP) is 4.24. The Hall–Kier alpha value is -1.68. The molecule has 104 valence electrons. The van der Waals surface area contributed by atoms with Crippen molar-refractivity contribution in [2.24, 2.45) is 0 Å². The van der Waals surface area contributed by atoms with Gasteiger partial charge in [-0.15, -0.1) is 0 Å². The van der Waals surface area contributed by atoms with Gasteiger partial charge in [-0.3, -0.25) is 4.79 Å². The fraction of sp³-hybridized carbons (Fsp3) is 0.267. The van der Waals surface area contributed by atoms with E-state index in [1.54, 1.807) is 17.6 Å². The van der Waals surface area contributed by atoms with Crippen LogP contribution in [-0.4, -0.2) is 10.4 Å². The molecule has 20 heavy (non-hydrogen) atoms. The van der Waals surface area contributed by atoms with Crippen LogP contribution in [0.1, 0.15) is 34.6 Å². The maximum atomic E-state index is 14.1. The van der Waals surface area contributed by atoms with Crippen LogP contribution in [-0.2, 0) is 6.42 Å². The fourth-order valence-electron chi connectivity index (χ4n) is 2.79. The molecule has 0 atom stereocenters. The Morgan fingerprint density at radius 3 is 2.65 bits per heavy atom. The lowest BCUT2D eigenvalue weighted by Gasteiger charge is -2.17. The molecular formula is C15H12ClF2NO. The number of nitrogens with zero attached hydrogens (tertiary/aromatic N) is 1. The van der Waals surface area contributed by atoms with Crippen molar-refractivity contribution in [3.63, 3.8) is 0 Å². The van der Waals surface area contributed by atoms with Gasteiger partial charge in [0.1, 0.15) is 11.5 Å². The average molecular weight is 296 g/mol. The van der Waals surface area contributed by atoms with Gasteiger partial charge in [-0.25, -0.2) is 8.78 Å². The lowest BCUT2D eigenvalue weighted by molar-refractivity contribution is 0.0972. The SMILES string of the molecule is Cc1cc2c(n1-c1c(F)cc(F)cc1Cl)CCCC2=O. The second-order valence-electron chi connectivity index (χ2n) is 4.98. The van der Waals surface area contributed by atoms with Crippen LogP contribution in [0, 0.1) is 18.6 Å². The number of aryl methyl sites for hydroxylation is 1. The highest BCUT2D eigenvalue weighted by atomic mass is 35.5. The van der Waals surface area contributed by atoms with Crippen LogP contribution in [0.5, 0.6) is 0 Å². The molecule has 0 spiro atoms. The molecule has 2 aromatic rings. The number of carbonyl (C=O) groups excluding carboxylic acids is 1. The molecule has 0 unspecified atom stereocenters. The molecule has 1 heterocycles. The summed E-state index contributed by atoms with van der Waals surface area (Å²) in [5.74, 6) is -1.38. The van der Waals surface area contributed by atoms with Gasteiger partial charge in [0.15, 0.2) is 11.6 Å². The van der Waals surface area contributed by atoms with Gasteiger partial charge in [0.25, 0.3) is 0 Å². The first-order valence-corrected chi connectivity index (χ1v) is 6.76. The molecule has 1 aromatic carbocycles. The van der Waals surface area contributed by atoms with E-state index in [2.05, 4.69) is 0 Å². The van der Waals surface area contributed by atoms with Crippen molar-refractivity contribution in [3.05, 3.63) is 51.8 Å². The van der Waals surface area contributed by atoms with Gasteiger partial charge in [-0.05, 0) is 31.9 Å². The molecule has 0 bridgehead atoms. The van der Waals surface area contributed by atoms with Gasteiger partial charge >= 0.3 is 0 Å². The van der Waals surface area contributed by atoms with E-state index in [9.17, 15) is 13.6 Å². The summed E-state index contributed by atoms with van der Waals surface area (Å²) in [6.07, 6.45) is 1.92. The van der Waals surface area contributed by atoms with Gasteiger partial charge < -0.3 is 4.57 Å². The first-order chi connectivity index (χ1) is 9.49. The van der Waals surface area contributed by atoms with Crippen LogP contribution in [0.25, 0.3) is 5.69 Å². The molecule has 1 aromatic heterocycles. The van der Waals surface area contributed by atoms with Crippen molar-refractivity contribution in [1.82, 2.24) is 4.57 Å². The molecular weight excluding hydrogens is 284 g/mol. The highest BCUT2D eigenvalue weighted by Crippen LogP contribution is 2.33.